The lowest BCUT2D eigenvalue weighted by Crippen LogP contribution is -2.28. The number of H-pyrrole nitrogens is 1. The predicted molar refractivity (Wildman–Crippen MR) is 124 cm³/mol. The number of fused-ring (bicyclic) bond motifs is 1. The van der Waals surface area contributed by atoms with E-state index in [1.54, 1.807) is 0 Å². The van der Waals surface area contributed by atoms with E-state index in [1.807, 2.05) is 49.6 Å². The lowest BCUT2D eigenvalue weighted by molar-refractivity contribution is 0.277. The van der Waals surface area contributed by atoms with E-state index in [4.69, 9.17) is 4.98 Å². The van der Waals surface area contributed by atoms with Crippen LogP contribution in [0.5, 0.6) is 0 Å². The second-order valence-corrected chi connectivity index (χ2v) is 8.39. The van der Waals surface area contributed by atoms with Crippen molar-refractivity contribution in [3.63, 3.8) is 0 Å². The van der Waals surface area contributed by atoms with Crippen LogP contribution in [0.2, 0.25) is 0 Å². The summed E-state index contributed by atoms with van der Waals surface area (Å²) >= 11 is 0. The molecule has 0 aliphatic heterocycles. The molecule has 31 heavy (non-hydrogen) atoms. The van der Waals surface area contributed by atoms with Gasteiger partial charge in [0.2, 0.25) is 0 Å². The highest BCUT2D eigenvalue weighted by atomic mass is 15.1. The van der Waals surface area contributed by atoms with Gasteiger partial charge in [-0.3, -0.25) is 15.1 Å². The third kappa shape index (κ3) is 3.86. The van der Waals surface area contributed by atoms with Crippen LogP contribution in [0.25, 0.3) is 39.3 Å². The van der Waals surface area contributed by atoms with Gasteiger partial charge in [-0.15, -0.1) is 0 Å². The molecule has 0 spiro atoms. The summed E-state index contributed by atoms with van der Waals surface area (Å²) in [6.45, 7) is 1.98. The molecule has 0 amide bonds. The minimum atomic E-state index is 0.622. The number of pyridine rings is 3. The van der Waals surface area contributed by atoms with Crippen molar-refractivity contribution in [3.8, 4) is 22.6 Å². The Hall–Kier alpha value is -3.38. The Morgan fingerprint density at radius 2 is 1.94 bits per heavy atom. The Labute approximate surface area is 182 Å². The van der Waals surface area contributed by atoms with Crippen molar-refractivity contribution in [1.29, 1.82) is 0 Å². The molecule has 1 N–H and O–H groups in total. The molecule has 4 heterocycles. The first kappa shape index (κ1) is 19.6. The summed E-state index contributed by atoms with van der Waals surface area (Å²) in [6, 6.07) is 12.8. The van der Waals surface area contributed by atoms with Crippen LogP contribution in [0.15, 0.2) is 54.9 Å². The van der Waals surface area contributed by atoms with E-state index in [-0.39, 0.29) is 0 Å². The summed E-state index contributed by atoms with van der Waals surface area (Å²) in [4.78, 5) is 16.5. The van der Waals surface area contributed by atoms with Crippen LogP contribution in [0.4, 0.5) is 0 Å². The number of hydrogen-bond donors (Lipinski definition) is 1. The van der Waals surface area contributed by atoms with E-state index in [9.17, 15) is 0 Å². The minimum absolute atomic E-state index is 0.622. The summed E-state index contributed by atoms with van der Waals surface area (Å²) < 4.78 is 0. The molecule has 0 radical (unpaired) electrons. The van der Waals surface area contributed by atoms with Crippen LogP contribution in [0.3, 0.4) is 0 Å². The van der Waals surface area contributed by atoms with Gasteiger partial charge in [0.05, 0.1) is 22.4 Å². The van der Waals surface area contributed by atoms with Gasteiger partial charge in [0.1, 0.15) is 5.69 Å². The third-order valence-corrected chi connectivity index (χ3v) is 6.07. The van der Waals surface area contributed by atoms with Crippen LogP contribution in [-0.4, -0.2) is 50.2 Å². The molecular formula is C25H26N6. The fraction of sp³-hybridized carbons (Fsp3) is 0.280. The van der Waals surface area contributed by atoms with E-state index >= 15 is 0 Å². The van der Waals surface area contributed by atoms with Gasteiger partial charge in [0.15, 0.2) is 0 Å². The van der Waals surface area contributed by atoms with E-state index in [2.05, 4.69) is 51.3 Å². The summed E-state index contributed by atoms with van der Waals surface area (Å²) in [5.74, 6) is 0. The van der Waals surface area contributed by atoms with Crippen LogP contribution in [-0.2, 0) is 0 Å². The molecule has 1 atom stereocenters. The van der Waals surface area contributed by atoms with Crippen molar-refractivity contribution in [1.82, 2.24) is 30.0 Å². The zero-order valence-electron chi connectivity index (χ0n) is 18.1. The monoisotopic (exact) mass is 410 g/mol. The highest BCUT2D eigenvalue weighted by Gasteiger charge is 2.18. The van der Waals surface area contributed by atoms with Crippen LogP contribution < -0.4 is 0 Å². The Bertz CT molecular complexity index is 1270. The van der Waals surface area contributed by atoms with Gasteiger partial charge in [-0.1, -0.05) is 12.1 Å². The molecule has 0 saturated heterocycles. The van der Waals surface area contributed by atoms with Gasteiger partial charge in [0, 0.05) is 29.7 Å². The summed E-state index contributed by atoms with van der Waals surface area (Å²) in [5, 5.41) is 7.42. The number of nitrogens with zero attached hydrogens (tertiary/aromatic N) is 5. The van der Waals surface area contributed by atoms with E-state index < -0.39 is 0 Å². The van der Waals surface area contributed by atoms with Crippen molar-refractivity contribution in [2.75, 3.05) is 14.1 Å². The maximum Gasteiger partial charge on any atom is 0.120 e. The number of allylic oxidation sites excluding steroid dienone is 1. The fourth-order valence-corrected chi connectivity index (χ4v) is 4.24. The van der Waals surface area contributed by atoms with Crippen molar-refractivity contribution < 1.29 is 0 Å². The summed E-state index contributed by atoms with van der Waals surface area (Å²) in [7, 11) is 4.31. The molecule has 1 aliphatic carbocycles. The van der Waals surface area contributed by atoms with Crippen LogP contribution in [0, 0.1) is 6.92 Å². The average Bonchev–Trinajstić information content (AvgIpc) is 3.28. The molecule has 0 aromatic carbocycles. The fourth-order valence-electron chi connectivity index (χ4n) is 4.24. The molecule has 0 fully saturated rings. The second-order valence-electron chi connectivity index (χ2n) is 8.39. The zero-order valence-corrected chi connectivity index (χ0v) is 18.1. The largest absolute Gasteiger partial charge is 0.306 e. The Morgan fingerprint density at radius 3 is 2.71 bits per heavy atom. The molecule has 0 saturated carbocycles. The molecule has 5 rings (SSSR count). The Balaban J connectivity index is 1.51. The Kier molecular flexibility index (Phi) is 5.08. The van der Waals surface area contributed by atoms with Gasteiger partial charge in [-0.25, -0.2) is 4.98 Å². The highest BCUT2D eigenvalue weighted by molar-refractivity contribution is 5.84. The molecule has 0 bridgehead atoms. The van der Waals surface area contributed by atoms with Crippen molar-refractivity contribution in [2.24, 2.45) is 0 Å². The molecule has 1 unspecified atom stereocenters. The normalized spacial score (nSPS) is 16.6. The molecule has 4 aromatic heterocycles. The van der Waals surface area contributed by atoms with Gasteiger partial charge in [-0.05, 0) is 81.7 Å². The number of aryl methyl sites for hydroxylation is 1. The number of hydrogen-bond acceptors (Lipinski definition) is 5. The third-order valence-electron chi connectivity index (χ3n) is 6.07. The average molecular weight is 411 g/mol. The number of rotatable bonds is 4. The molecule has 156 valence electrons. The van der Waals surface area contributed by atoms with Gasteiger partial charge in [-0.2, -0.15) is 5.10 Å². The smallest absolute Gasteiger partial charge is 0.120 e. The standard InChI is InChI=1S/C25H26N6/c1-16-5-4-6-23(28-16)25-20(15-27-30-25)21-11-12-22-24(29-21)13-18(14-26-22)17-7-9-19(10-8-17)31(2)3/h4-7,11-15,19H,8-10H2,1-3H3,(H,27,30). The van der Waals surface area contributed by atoms with Gasteiger partial charge >= 0.3 is 0 Å². The SMILES string of the molecule is Cc1cccc(-c2n[nH]cc2-c2ccc3ncc(C4=CCC(N(C)C)CC4)cc3n2)n1. The lowest BCUT2D eigenvalue weighted by atomic mass is 9.91. The van der Waals surface area contributed by atoms with E-state index in [0.29, 0.717) is 6.04 Å². The number of aromatic amines is 1. The first-order chi connectivity index (χ1) is 15.1. The second kappa shape index (κ2) is 8.04. The number of aromatic nitrogens is 5. The Morgan fingerprint density at radius 1 is 1.03 bits per heavy atom. The maximum absolute atomic E-state index is 4.94. The number of nitrogens with one attached hydrogen (secondary N) is 1. The predicted octanol–water partition coefficient (Wildman–Crippen LogP) is 4.89. The summed E-state index contributed by atoms with van der Waals surface area (Å²) in [5.41, 5.74) is 8.75. The van der Waals surface area contributed by atoms with Crippen LogP contribution >= 0.6 is 0 Å². The van der Waals surface area contributed by atoms with Crippen molar-refractivity contribution in [3.05, 3.63) is 66.1 Å². The van der Waals surface area contributed by atoms with E-state index in [0.717, 1.165) is 52.2 Å². The first-order valence-corrected chi connectivity index (χ1v) is 10.7. The van der Waals surface area contributed by atoms with Crippen molar-refractivity contribution >= 4 is 16.6 Å². The quantitative estimate of drug-likeness (QED) is 0.519. The molecule has 4 aromatic rings. The maximum atomic E-state index is 4.94. The van der Waals surface area contributed by atoms with Gasteiger partial charge < -0.3 is 4.90 Å². The zero-order chi connectivity index (χ0) is 21.4. The topological polar surface area (TPSA) is 70.6 Å². The van der Waals surface area contributed by atoms with Crippen LogP contribution in [0.1, 0.15) is 30.5 Å². The molecule has 6 heteroatoms. The van der Waals surface area contributed by atoms with E-state index in [1.165, 1.54) is 17.6 Å². The molecule has 1 aliphatic rings. The lowest BCUT2D eigenvalue weighted by Gasteiger charge is -2.27. The summed E-state index contributed by atoms with van der Waals surface area (Å²) in [6.07, 6.45) is 9.54. The molecular weight excluding hydrogens is 384 g/mol. The molecule has 6 nitrogen and oxygen atoms in total. The van der Waals surface area contributed by atoms with Gasteiger partial charge in [0.25, 0.3) is 0 Å². The first-order valence-electron chi connectivity index (χ1n) is 10.7. The highest BCUT2D eigenvalue weighted by Crippen LogP contribution is 2.31. The minimum Gasteiger partial charge on any atom is -0.306 e. The van der Waals surface area contributed by atoms with Crippen molar-refractivity contribution in [2.45, 2.75) is 32.2 Å².